The van der Waals surface area contributed by atoms with E-state index in [4.69, 9.17) is 5.73 Å². The highest BCUT2D eigenvalue weighted by Gasteiger charge is 2.11. The molecule has 0 amide bonds. The molecule has 4 aliphatic rings. The molecule has 0 radical (unpaired) electrons. The van der Waals surface area contributed by atoms with E-state index in [1.165, 1.54) is 16.7 Å². The number of carbonyl (C=O) groups excluding carboxylic acids is 1. The Kier molecular flexibility index (Phi) is 3.31. The third-order valence-corrected chi connectivity index (χ3v) is 4.13. The summed E-state index contributed by atoms with van der Waals surface area (Å²) in [6.45, 7) is 1.65. The number of nitrogen functional groups attached to an aromatic ring is 1. The number of rotatable bonds is 1. The molecule has 2 N–H and O–H groups in total. The molecule has 0 heterocycles. The van der Waals surface area contributed by atoms with E-state index in [0.717, 1.165) is 42.5 Å². The van der Waals surface area contributed by atoms with Crippen LogP contribution in [-0.2, 0) is 25.7 Å². The molecule has 0 spiro atoms. The molecule has 2 heteroatoms. The predicted octanol–water partition coefficient (Wildman–Crippen LogP) is 3.36. The quantitative estimate of drug-likeness (QED) is 0.634. The first kappa shape index (κ1) is 12.9. The van der Waals surface area contributed by atoms with Crippen molar-refractivity contribution >= 4 is 11.5 Å². The SMILES string of the molecule is CC(=O)c1cc2ccc1CCc1ccc(c(N)c1)CC2. The van der Waals surface area contributed by atoms with Crippen molar-refractivity contribution in [2.45, 2.75) is 32.6 Å². The van der Waals surface area contributed by atoms with Crippen molar-refractivity contribution in [3.8, 4) is 0 Å². The van der Waals surface area contributed by atoms with E-state index in [9.17, 15) is 4.79 Å². The molecule has 2 aromatic carbocycles. The van der Waals surface area contributed by atoms with Crippen molar-refractivity contribution in [1.82, 2.24) is 0 Å². The normalized spacial score (nSPS) is 13.8. The van der Waals surface area contributed by atoms with Crippen LogP contribution in [0.15, 0.2) is 36.4 Å². The summed E-state index contributed by atoms with van der Waals surface area (Å²) in [7, 11) is 0. The lowest BCUT2D eigenvalue weighted by atomic mass is 9.91. The summed E-state index contributed by atoms with van der Waals surface area (Å²) in [5, 5.41) is 0. The molecular weight excluding hydrogens is 246 g/mol. The number of carbonyl (C=O) groups is 1. The number of nitrogens with two attached hydrogens (primary N) is 1. The van der Waals surface area contributed by atoms with Gasteiger partial charge in [0.1, 0.15) is 0 Å². The third kappa shape index (κ3) is 2.46. The highest BCUT2D eigenvalue weighted by Crippen LogP contribution is 2.22. The molecule has 0 saturated heterocycles. The van der Waals surface area contributed by atoms with Crippen LogP contribution in [0.4, 0.5) is 5.69 Å². The zero-order valence-electron chi connectivity index (χ0n) is 11.8. The van der Waals surface area contributed by atoms with Gasteiger partial charge in [0, 0.05) is 11.3 Å². The maximum absolute atomic E-state index is 11.8. The van der Waals surface area contributed by atoms with E-state index in [1.54, 1.807) is 6.92 Å². The fraction of sp³-hybridized carbons (Fsp3) is 0.278. The van der Waals surface area contributed by atoms with Gasteiger partial charge in [0.25, 0.3) is 0 Å². The van der Waals surface area contributed by atoms with Gasteiger partial charge in [-0.3, -0.25) is 4.79 Å². The minimum Gasteiger partial charge on any atom is -0.398 e. The lowest BCUT2D eigenvalue weighted by Gasteiger charge is -2.14. The van der Waals surface area contributed by atoms with Gasteiger partial charge in [-0.15, -0.1) is 0 Å². The molecule has 0 unspecified atom stereocenters. The van der Waals surface area contributed by atoms with Crippen LogP contribution in [0.25, 0.3) is 0 Å². The van der Waals surface area contributed by atoms with Crippen LogP contribution in [0, 0.1) is 0 Å². The largest absolute Gasteiger partial charge is 0.398 e. The second kappa shape index (κ2) is 5.12. The average Bonchev–Trinajstić information content (AvgIpc) is 2.42. The van der Waals surface area contributed by atoms with E-state index in [-0.39, 0.29) is 5.78 Å². The summed E-state index contributed by atoms with van der Waals surface area (Å²) in [4.78, 5) is 11.8. The van der Waals surface area contributed by atoms with Gasteiger partial charge in [-0.2, -0.15) is 0 Å². The summed E-state index contributed by atoms with van der Waals surface area (Å²) in [5.41, 5.74) is 12.7. The highest BCUT2D eigenvalue weighted by atomic mass is 16.1. The molecule has 0 fully saturated rings. The molecule has 4 bridgehead atoms. The first-order chi connectivity index (χ1) is 9.63. The van der Waals surface area contributed by atoms with E-state index < -0.39 is 0 Å². The predicted molar refractivity (Wildman–Crippen MR) is 82.1 cm³/mol. The maximum atomic E-state index is 11.8. The first-order valence-corrected chi connectivity index (χ1v) is 7.13. The molecule has 0 saturated carbocycles. The van der Waals surface area contributed by atoms with Crippen LogP contribution < -0.4 is 5.73 Å². The van der Waals surface area contributed by atoms with Crippen molar-refractivity contribution in [1.29, 1.82) is 0 Å². The topological polar surface area (TPSA) is 43.1 Å². The Hall–Kier alpha value is -2.09. The van der Waals surface area contributed by atoms with E-state index in [1.807, 2.05) is 0 Å². The third-order valence-electron chi connectivity index (χ3n) is 4.13. The number of hydrogen-bond acceptors (Lipinski definition) is 2. The molecule has 0 aliphatic heterocycles. The van der Waals surface area contributed by atoms with Crippen molar-refractivity contribution in [2.75, 3.05) is 5.73 Å². The van der Waals surface area contributed by atoms with Gasteiger partial charge in [0.2, 0.25) is 0 Å². The Balaban J connectivity index is 2.05. The van der Waals surface area contributed by atoms with Crippen molar-refractivity contribution in [3.63, 3.8) is 0 Å². The van der Waals surface area contributed by atoms with Crippen molar-refractivity contribution < 1.29 is 4.79 Å². The zero-order valence-corrected chi connectivity index (χ0v) is 11.8. The van der Waals surface area contributed by atoms with Crippen LogP contribution in [0.1, 0.15) is 39.5 Å². The Morgan fingerprint density at radius 3 is 2.15 bits per heavy atom. The minimum absolute atomic E-state index is 0.160. The van der Waals surface area contributed by atoms with E-state index in [2.05, 4.69) is 36.4 Å². The first-order valence-electron chi connectivity index (χ1n) is 7.13. The van der Waals surface area contributed by atoms with Crippen LogP contribution in [0.5, 0.6) is 0 Å². The molecule has 2 aromatic rings. The van der Waals surface area contributed by atoms with Crippen LogP contribution in [0.3, 0.4) is 0 Å². The van der Waals surface area contributed by atoms with Crippen molar-refractivity contribution in [3.05, 3.63) is 64.2 Å². The number of Topliss-reactive ketones (excluding diaryl/α,β-unsaturated/α-hetero) is 1. The summed E-state index contributed by atoms with van der Waals surface area (Å²) in [5.74, 6) is 0.160. The van der Waals surface area contributed by atoms with Gasteiger partial charge >= 0.3 is 0 Å². The molecule has 102 valence electrons. The van der Waals surface area contributed by atoms with Gasteiger partial charge in [-0.1, -0.05) is 24.3 Å². The molecule has 20 heavy (non-hydrogen) atoms. The number of benzene rings is 2. The van der Waals surface area contributed by atoms with Crippen molar-refractivity contribution in [2.24, 2.45) is 0 Å². The van der Waals surface area contributed by atoms with Crippen LogP contribution in [0.2, 0.25) is 0 Å². The van der Waals surface area contributed by atoms with Gasteiger partial charge in [-0.25, -0.2) is 0 Å². The molecular formula is C18H19NO. The van der Waals surface area contributed by atoms with Crippen LogP contribution in [-0.4, -0.2) is 5.78 Å². The summed E-state index contributed by atoms with van der Waals surface area (Å²) in [6.07, 6.45) is 3.64. The van der Waals surface area contributed by atoms with Gasteiger partial charge in [0.15, 0.2) is 5.78 Å². The molecule has 6 rings (SSSR count). The monoisotopic (exact) mass is 265 g/mol. The van der Waals surface area contributed by atoms with Gasteiger partial charge < -0.3 is 5.73 Å². The number of aryl methyl sites for hydroxylation is 4. The average molecular weight is 265 g/mol. The van der Waals surface area contributed by atoms with E-state index in [0.29, 0.717) is 0 Å². The molecule has 4 aliphatic carbocycles. The fourth-order valence-corrected chi connectivity index (χ4v) is 2.91. The molecule has 0 aromatic heterocycles. The number of anilines is 1. The van der Waals surface area contributed by atoms with Gasteiger partial charge in [-0.05, 0) is 67.0 Å². The second-order valence-electron chi connectivity index (χ2n) is 5.58. The van der Waals surface area contributed by atoms with Crippen LogP contribution >= 0.6 is 0 Å². The second-order valence-corrected chi connectivity index (χ2v) is 5.58. The Morgan fingerprint density at radius 1 is 0.900 bits per heavy atom. The smallest absolute Gasteiger partial charge is 0.160 e. The Bertz CT molecular complexity index is 673. The van der Waals surface area contributed by atoms with Gasteiger partial charge in [0.05, 0.1) is 0 Å². The summed E-state index contributed by atoms with van der Waals surface area (Å²) < 4.78 is 0. The lowest BCUT2D eigenvalue weighted by molar-refractivity contribution is 0.101. The summed E-state index contributed by atoms with van der Waals surface area (Å²) >= 11 is 0. The number of ketones is 1. The lowest BCUT2D eigenvalue weighted by Crippen LogP contribution is -2.06. The summed E-state index contributed by atoms with van der Waals surface area (Å²) in [6, 6.07) is 12.7. The Morgan fingerprint density at radius 2 is 1.50 bits per heavy atom. The maximum Gasteiger partial charge on any atom is 0.160 e. The fourth-order valence-electron chi connectivity index (χ4n) is 2.91. The standard InChI is InChI=1S/C18H19NO/c1-12(20)17-10-13-2-6-15(17)7-3-14-5-9-16(8-4-13)18(19)11-14/h2,5-6,9-11H,3-4,7-8,19H2,1H3. The minimum atomic E-state index is 0.160. The molecule has 0 atom stereocenters. The highest BCUT2D eigenvalue weighted by molar-refractivity contribution is 5.95. The Labute approximate surface area is 119 Å². The molecule has 2 nitrogen and oxygen atoms in total. The van der Waals surface area contributed by atoms with E-state index >= 15 is 0 Å². The number of hydrogen-bond donors (Lipinski definition) is 1. The zero-order chi connectivity index (χ0) is 14.1.